The summed E-state index contributed by atoms with van der Waals surface area (Å²) in [5.74, 6) is 0.891. The highest BCUT2D eigenvalue weighted by Gasteiger charge is 2.16. The Morgan fingerprint density at radius 2 is 2.33 bits per heavy atom. The zero-order valence-corrected chi connectivity index (χ0v) is 8.66. The lowest BCUT2D eigenvalue weighted by Crippen LogP contribution is -2.20. The van der Waals surface area contributed by atoms with Crippen molar-refractivity contribution in [3.63, 3.8) is 0 Å². The van der Waals surface area contributed by atoms with E-state index in [2.05, 4.69) is 33.7 Å². The predicted octanol–water partition coefficient (Wildman–Crippen LogP) is 2.77. The molecule has 1 aromatic carbocycles. The number of fused-ring (bicyclic) bond motifs is 1. The van der Waals surface area contributed by atoms with E-state index in [4.69, 9.17) is 0 Å². The maximum Gasteiger partial charge on any atom is 0.0670 e. The molecule has 1 aliphatic carbocycles. The molecule has 0 aliphatic heterocycles. The Hall–Kier alpha value is -1.51. The molecule has 2 aromatic rings. The molecule has 15 heavy (non-hydrogen) atoms. The lowest BCUT2D eigenvalue weighted by molar-refractivity contribution is 0.333. The molecule has 3 rings (SSSR count). The van der Waals surface area contributed by atoms with Crippen LogP contribution in [0.3, 0.4) is 0 Å². The van der Waals surface area contributed by atoms with Crippen LogP contribution in [0.15, 0.2) is 24.4 Å². The normalized spacial score (nSPS) is 16.5. The summed E-state index contributed by atoms with van der Waals surface area (Å²) in [6, 6.07) is 6.35. The Labute approximate surface area is 88.9 Å². The standard InChI is InChI=1S/C12H15N3/c1-2-9(3-1)7-13-11-5-4-10-8-14-15-12(10)6-11/h4-6,8-9,13H,1-3,7H2,(H,14,15). The van der Waals surface area contributed by atoms with Gasteiger partial charge in [-0.2, -0.15) is 5.10 Å². The van der Waals surface area contributed by atoms with Crippen LogP contribution in [0.2, 0.25) is 0 Å². The number of hydrogen-bond donors (Lipinski definition) is 2. The van der Waals surface area contributed by atoms with E-state index in [1.54, 1.807) is 0 Å². The molecule has 78 valence electrons. The van der Waals surface area contributed by atoms with E-state index in [9.17, 15) is 0 Å². The lowest BCUT2D eigenvalue weighted by Gasteiger charge is -2.25. The first-order chi connectivity index (χ1) is 7.42. The van der Waals surface area contributed by atoms with Crippen molar-refractivity contribution < 1.29 is 0 Å². The van der Waals surface area contributed by atoms with E-state index in [0.29, 0.717) is 0 Å². The molecule has 0 radical (unpaired) electrons. The van der Waals surface area contributed by atoms with Gasteiger partial charge >= 0.3 is 0 Å². The smallest absolute Gasteiger partial charge is 0.0670 e. The van der Waals surface area contributed by atoms with Crippen molar-refractivity contribution in [3.05, 3.63) is 24.4 Å². The first kappa shape index (κ1) is 8.77. The zero-order valence-electron chi connectivity index (χ0n) is 8.66. The van der Waals surface area contributed by atoms with Crippen molar-refractivity contribution in [1.82, 2.24) is 10.2 Å². The van der Waals surface area contributed by atoms with Crippen LogP contribution in [0.25, 0.3) is 10.9 Å². The molecule has 0 amide bonds. The molecule has 2 N–H and O–H groups in total. The van der Waals surface area contributed by atoms with Crippen LogP contribution in [0, 0.1) is 5.92 Å². The number of hydrogen-bond acceptors (Lipinski definition) is 2. The molecular formula is C12H15N3. The van der Waals surface area contributed by atoms with Gasteiger partial charge in [0.1, 0.15) is 0 Å². The summed E-state index contributed by atoms with van der Waals surface area (Å²) >= 11 is 0. The Kier molecular flexibility index (Phi) is 2.09. The van der Waals surface area contributed by atoms with Crippen molar-refractivity contribution in [2.24, 2.45) is 5.92 Å². The number of anilines is 1. The molecule has 3 nitrogen and oxygen atoms in total. The molecule has 0 spiro atoms. The second kappa shape index (κ2) is 3.57. The number of H-pyrrole nitrogens is 1. The third kappa shape index (κ3) is 1.69. The maximum atomic E-state index is 4.01. The highest BCUT2D eigenvalue weighted by molar-refractivity contribution is 5.81. The highest BCUT2D eigenvalue weighted by atomic mass is 15.1. The zero-order chi connectivity index (χ0) is 10.1. The number of aromatic nitrogens is 2. The van der Waals surface area contributed by atoms with E-state index in [1.165, 1.54) is 30.3 Å². The van der Waals surface area contributed by atoms with E-state index >= 15 is 0 Å². The van der Waals surface area contributed by atoms with Gasteiger partial charge in [-0.15, -0.1) is 0 Å². The summed E-state index contributed by atoms with van der Waals surface area (Å²) in [6.45, 7) is 1.11. The first-order valence-electron chi connectivity index (χ1n) is 5.59. The molecule has 0 atom stereocenters. The van der Waals surface area contributed by atoms with Gasteiger partial charge in [-0.3, -0.25) is 5.10 Å². The van der Waals surface area contributed by atoms with E-state index in [-0.39, 0.29) is 0 Å². The van der Waals surface area contributed by atoms with Crippen molar-refractivity contribution in [1.29, 1.82) is 0 Å². The monoisotopic (exact) mass is 201 g/mol. The molecular weight excluding hydrogens is 186 g/mol. The molecule has 0 unspecified atom stereocenters. The lowest BCUT2D eigenvalue weighted by atomic mass is 9.85. The van der Waals surface area contributed by atoms with Gasteiger partial charge in [-0.1, -0.05) is 6.42 Å². The molecule has 1 heterocycles. The van der Waals surface area contributed by atoms with Crippen LogP contribution in [-0.4, -0.2) is 16.7 Å². The number of benzene rings is 1. The fourth-order valence-corrected chi connectivity index (χ4v) is 2.01. The quantitative estimate of drug-likeness (QED) is 0.801. The first-order valence-corrected chi connectivity index (χ1v) is 5.59. The number of nitrogens with one attached hydrogen (secondary N) is 2. The average Bonchev–Trinajstić information content (AvgIpc) is 2.62. The molecule has 3 heteroatoms. The third-order valence-electron chi connectivity index (χ3n) is 3.26. The summed E-state index contributed by atoms with van der Waals surface area (Å²) in [6.07, 6.45) is 6.04. The van der Waals surface area contributed by atoms with E-state index < -0.39 is 0 Å². The van der Waals surface area contributed by atoms with Crippen molar-refractivity contribution in [3.8, 4) is 0 Å². The summed E-state index contributed by atoms with van der Waals surface area (Å²) < 4.78 is 0. The molecule has 0 saturated heterocycles. The van der Waals surface area contributed by atoms with Gasteiger partial charge in [-0.25, -0.2) is 0 Å². The Morgan fingerprint density at radius 1 is 1.40 bits per heavy atom. The minimum atomic E-state index is 0.891. The molecule has 1 aliphatic rings. The van der Waals surface area contributed by atoms with Crippen LogP contribution in [0.1, 0.15) is 19.3 Å². The van der Waals surface area contributed by atoms with Crippen LogP contribution in [-0.2, 0) is 0 Å². The SMILES string of the molecule is c1cc2cn[nH]c2cc1NCC1CCC1. The largest absolute Gasteiger partial charge is 0.385 e. The van der Waals surface area contributed by atoms with Crippen molar-refractivity contribution >= 4 is 16.6 Å². The van der Waals surface area contributed by atoms with E-state index in [0.717, 1.165) is 18.0 Å². The van der Waals surface area contributed by atoms with E-state index in [1.807, 2.05) is 6.20 Å². The van der Waals surface area contributed by atoms with Crippen LogP contribution < -0.4 is 5.32 Å². The third-order valence-corrected chi connectivity index (χ3v) is 3.26. The van der Waals surface area contributed by atoms with Crippen molar-refractivity contribution in [2.75, 3.05) is 11.9 Å². The van der Waals surface area contributed by atoms with Crippen molar-refractivity contribution in [2.45, 2.75) is 19.3 Å². The summed E-state index contributed by atoms with van der Waals surface area (Å²) in [7, 11) is 0. The maximum absolute atomic E-state index is 4.01. The molecule has 1 fully saturated rings. The topological polar surface area (TPSA) is 40.7 Å². The fourth-order valence-electron chi connectivity index (χ4n) is 2.01. The number of rotatable bonds is 3. The highest BCUT2D eigenvalue weighted by Crippen LogP contribution is 2.26. The number of nitrogens with zero attached hydrogens (tertiary/aromatic N) is 1. The van der Waals surface area contributed by atoms with Crippen LogP contribution in [0.4, 0.5) is 5.69 Å². The molecule has 1 saturated carbocycles. The summed E-state index contributed by atoms with van der Waals surface area (Å²) in [4.78, 5) is 0. The second-order valence-electron chi connectivity index (χ2n) is 4.35. The minimum absolute atomic E-state index is 0.891. The van der Waals surface area contributed by atoms with Gasteiger partial charge in [0.2, 0.25) is 0 Å². The second-order valence-corrected chi connectivity index (χ2v) is 4.35. The van der Waals surface area contributed by atoms with Gasteiger partial charge in [0, 0.05) is 17.6 Å². The average molecular weight is 201 g/mol. The Morgan fingerprint density at radius 3 is 3.13 bits per heavy atom. The van der Waals surface area contributed by atoms with Gasteiger partial charge < -0.3 is 5.32 Å². The van der Waals surface area contributed by atoms with Crippen LogP contribution >= 0.6 is 0 Å². The van der Waals surface area contributed by atoms with Crippen LogP contribution in [0.5, 0.6) is 0 Å². The van der Waals surface area contributed by atoms with Gasteiger partial charge in [0.25, 0.3) is 0 Å². The summed E-state index contributed by atoms with van der Waals surface area (Å²) in [5.41, 5.74) is 2.30. The predicted molar refractivity (Wildman–Crippen MR) is 61.9 cm³/mol. The molecule has 1 aromatic heterocycles. The minimum Gasteiger partial charge on any atom is -0.385 e. The van der Waals surface area contributed by atoms with Gasteiger partial charge in [0.15, 0.2) is 0 Å². The Bertz CT molecular complexity index is 457. The Balaban J connectivity index is 1.72. The summed E-state index contributed by atoms with van der Waals surface area (Å²) in [5, 5.41) is 11.6. The van der Waals surface area contributed by atoms with Gasteiger partial charge in [0.05, 0.1) is 11.7 Å². The fraction of sp³-hybridized carbons (Fsp3) is 0.417. The molecule has 0 bridgehead atoms. The van der Waals surface area contributed by atoms with Gasteiger partial charge in [-0.05, 0) is 37.0 Å². The number of aromatic amines is 1.